The highest BCUT2D eigenvalue weighted by Crippen LogP contribution is 2.24. The molecular weight excluding hydrogens is 424 g/mol. The van der Waals surface area contributed by atoms with E-state index in [0.29, 0.717) is 29.8 Å². The Balaban J connectivity index is 1.50. The number of benzene rings is 3. The maximum atomic E-state index is 13.1. The Morgan fingerprint density at radius 2 is 1.69 bits per heavy atom. The molecular formula is C25H24N2O4S. The van der Waals surface area contributed by atoms with Crippen LogP contribution in [0, 0.1) is 6.92 Å². The van der Waals surface area contributed by atoms with Gasteiger partial charge in [-0.3, -0.25) is 4.79 Å². The van der Waals surface area contributed by atoms with E-state index in [4.69, 9.17) is 4.74 Å². The molecule has 0 saturated carbocycles. The molecule has 0 spiro atoms. The number of methoxy groups -OCH3 is 1. The highest BCUT2D eigenvalue weighted by atomic mass is 32.2. The third-order valence-electron chi connectivity index (χ3n) is 5.35. The number of ether oxygens (including phenoxy) is 1. The molecule has 3 aromatic carbocycles. The van der Waals surface area contributed by atoms with Crippen molar-refractivity contribution in [2.45, 2.75) is 18.2 Å². The van der Waals surface area contributed by atoms with Crippen molar-refractivity contribution >= 4 is 26.8 Å². The van der Waals surface area contributed by atoms with E-state index in [0.717, 1.165) is 16.5 Å². The summed E-state index contributed by atoms with van der Waals surface area (Å²) in [7, 11) is -2.12. The first-order chi connectivity index (χ1) is 15.4. The van der Waals surface area contributed by atoms with E-state index in [1.165, 1.54) is 3.97 Å². The van der Waals surface area contributed by atoms with Gasteiger partial charge in [0, 0.05) is 23.7 Å². The van der Waals surface area contributed by atoms with Crippen LogP contribution < -0.4 is 10.1 Å². The largest absolute Gasteiger partial charge is 0.497 e. The zero-order valence-corrected chi connectivity index (χ0v) is 18.7. The van der Waals surface area contributed by atoms with Crippen LogP contribution in [0.4, 0.5) is 0 Å². The van der Waals surface area contributed by atoms with Crippen LogP contribution in [0.1, 0.15) is 21.5 Å². The van der Waals surface area contributed by atoms with Gasteiger partial charge in [-0.05, 0) is 67.4 Å². The summed E-state index contributed by atoms with van der Waals surface area (Å²) in [5, 5.41) is 3.74. The van der Waals surface area contributed by atoms with Gasteiger partial charge in [-0.15, -0.1) is 0 Å². The quantitative estimate of drug-likeness (QED) is 0.460. The van der Waals surface area contributed by atoms with Crippen molar-refractivity contribution in [2.24, 2.45) is 0 Å². The molecule has 4 rings (SSSR count). The van der Waals surface area contributed by atoms with Crippen LogP contribution in [0.2, 0.25) is 0 Å². The molecule has 1 amide bonds. The van der Waals surface area contributed by atoms with Crippen LogP contribution in [0.15, 0.2) is 83.9 Å². The fourth-order valence-electron chi connectivity index (χ4n) is 3.50. The van der Waals surface area contributed by atoms with Gasteiger partial charge in [-0.25, -0.2) is 12.4 Å². The van der Waals surface area contributed by atoms with Gasteiger partial charge in [-0.1, -0.05) is 29.8 Å². The van der Waals surface area contributed by atoms with Gasteiger partial charge >= 0.3 is 0 Å². The van der Waals surface area contributed by atoms with E-state index >= 15 is 0 Å². The molecule has 1 aromatic heterocycles. The van der Waals surface area contributed by atoms with Gasteiger partial charge in [0.2, 0.25) is 0 Å². The number of nitrogens with one attached hydrogen (secondary N) is 1. The molecule has 6 nitrogen and oxygen atoms in total. The van der Waals surface area contributed by atoms with Crippen molar-refractivity contribution in [3.8, 4) is 5.75 Å². The van der Waals surface area contributed by atoms with Gasteiger partial charge in [0.1, 0.15) is 5.75 Å². The Morgan fingerprint density at radius 1 is 0.969 bits per heavy atom. The topological polar surface area (TPSA) is 77.4 Å². The lowest BCUT2D eigenvalue weighted by molar-refractivity contribution is 0.0954. The van der Waals surface area contributed by atoms with E-state index in [2.05, 4.69) is 5.32 Å². The Morgan fingerprint density at radius 3 is 2.38 bits per heavy atom. The SMILES string of the molecule is COc1ccc(C(=O)NCCc2ccc3ccn(S(=O)(=O)c4ccc(C)cc4)c3c2)cc1. The number of aryl methyl sites for hydroxylation is 1. The third kappa shape index (κ3) is 4.38. The number of amides is 1. The standard InChI is InChI=1S/C25H24N2O4S/c1-18-3-11-23(12-4-18)32(29,30)27-16-14-20-6-5-19(17-24(20)27)13-15-26-25(28)21-7-9-22(31-2)10-8-21/h3-12,14,16-17H,13,15H2,1-2H3,(H,26,28). The zero-order chi connectivity index (χ0) is 22.7. The number of hydrogen-bond acceptors (Lipinski definition) is 4. The van der Waals surface area contributed by atoms with E-state index < -0.39 is 10.0 Å². The molecule has 0 fully saturated rings. The lowest BCUT2D eigenvalue weighted by Gasteiger charge is -2.10. The van der Waals surface area contributed by atoms with Crippen molar-refractivity contribution in [1.82, 2.24) is 9.29 Å². The first-order valence-corrected chi connectivity index (χ1v) is 11.7. The molecule has 7 heteroatoms. The summed E-state index contributed by atoms with van der Waals surface area (Å²) in [6.07, 6.45) is 2.16. The van der Waals surface area contributed by atoms with E-state index in [9.17, 15) is 13.2 Å². The normalized spacial score (nSPS) is 11.4. The molecule has 32 heavy (non-hydrogen) atoms. The third-order valence-corrected chi connectivity index (χ3v) is 7.06. The van der Waals surface area contributed by atoms with Crippen LogP contribution in [0.25, 0.3) is 10.9 Å². The van der Waals surface area contributed by atoms with Crippen molar-refractivity contribution in [3.05, 3.63) is 95.7 Å². The number of carbonyl (C=O) groups excluding carboxylic acids is 1. The molecule has 0 radical (unpaired) electrons. The van der Waals surface area contributed by atoms with E-state index in [-0.39, 0.29) is 10.8 Å². The molecule has 1 heterocycles. The van der Waals surface area contributed by atoms with Crippen LogP contribution >= 0.6 is 0 Å². The maximum absolute atomic E-state index is 13.1. The summed E-state index contributed by atoms with van der Waals surface area (Å²) in [5.74, 6) is 0.525. The van der Waals surface area contributed by atoms with Gasteiger partial charge in [0.15, 0.2) is 0 Å². The molecule has 164 valence electrons. The number of aromatic nitrogens is 1. The first kappa shape index (κ1) is 21.6. The average Bonchev–Trinajstić information content (AvgIpc) is 3.23. The second-order valence-electron chi connectivity index (χ2n) is 7.56. The van der Waals surface area contributed by atoms with Crippen molar-refractivity contribution < 1.29 is 17.9 Å². The number of hydrogen-bond donors (Lipinski definition) is 1. The number of nitrogens with zero attached hydrogens (tertiary/aromatic N) is 1. The number of carbonyl (C=O) groups is 1. The Kier molecular flexibility index (Phi) is 6.01. The fourth-order valence-corrected chi connectivity index (χ4v) is 4.85. The minimum Gasteiger partial charge on any atom is -0.497 e. The van der Waals surface area contributed by atoms with Crippen molar-refractivity contribution in [1.29, 1.82) is 0 Å². The summed E-state index contributed by atoms with van der Waals surface area (Å²) in [4.78, 5) is 12.6. The Labute approximate surface area is 187 Å². The second-order valence-corrected chi connectivity index (χ2v) is 9.37. The van der Waals surface area contributed by atoms with Crippen LogP contribution in [0.5, 0.6) is 5.75 Å². The van der Waals surface area contributed by atoms with Crippen LogP contribution in [-0.2, 0) is 16.4 Å². The molecule has 1 N–H and O–H groups in total. The minimum absolute atomic E-state index is 0.168. The summed E-state index contributed by atoms with van der Waals surface area (Å²) >= 11 is 0. The summed E-state index contributed by atoms with van der Waals surface area (Å²) in [6.45, 7) is 2.35. The Hall–Kier alpha value is -3.58. The van der Waals surface area contributed by atoms with Gasteiger partial charge in [0.05, 0.1) is 17.5 Å². The van der Waals surface area contributed by atoms with Crippen LogP contribution in [-0.4, -0.2) is 32.0 Å². The summed E-state index contributed by atoms with van der Waals surface area (Å²) in [6, 6.07) is 21.2. The van der Waals surface area contributed by atoms with Crippen molar-refractivity contribution in [2.75, 3.05) is 13.7 Å². The van der Waals surface area contributed by atoms with Gasteiger partial charge in [0.25, 0.3) is 15.9 Å². The van der Waals surface area contributed by atoms with Crippen molar-refractivity contribution in [3.63, 3.8) is 0 Å². The smallest absolute Gasteiger partial charge is 0.268 e. The first-order valence-electron chi connectivity index (χ1n) is 10.2. The molecule has 0 bridgehead atoms. The van der Waals surface area contributed by atoms with E-state index in [1.54, 1.807) is 67.9 Å². The molecule has 0 atom stereocenters. The molecule has 0 aliphatic rings. The molecule has 4 aromatic rings. The monoisotopic (exact) mass is 448 g/mol. The molecule has 0 saturated heterocycles. The lowest BCUT2D eigenvalue weighted by Crippen LogP contribution is -2.25. The zero-order valence-electron chi connectivity index (χ0n) is 17.9. The molecule has 0 aliphatic carbocycles. The molecule has 0 unspecified atom stereocenters. The minimum atomic E-state index is -3.69. The fraction of sp³-hybridized carbons (Fsp3) is 0.160. The van der Waals surface area contributed by atoms with Gasteiger partial charge in [-0.2, -0.15) is 0 Å². The number of rotatable bonds is 7. The summed E-state index contributed by atoms with van der Waals surface area (Å²) < 4.78 is 32.7. The highest BCUT2D eigenvalue weighted by Gasteiger charge is 2.19. The molecule has 0 aliphatic heterocycles. The lowest BCUT2D eigenvalue weighted by atomic mass is 10.1. The predicted octanol–water partition coefficient (Wildman–Crippen LogP) is 4.17. The number of fused-ring (bicyclic) bond motifs is 1. The summed E-state index contributed by atoms with van der Waals surface area (Å²) in [5.41, 5.74) is 3.11. The van der Waals surface area contributed by atoms with Crippen LogP contribution in [0.3, 0.4) is 0 Å². The average molecular weight is 449 g/mol. The van der Waals surface area contributed by atoms with Gasteiger partial charge < -0.3 is 10.1 Å². The highest BCUT2D eigenvalue weighted by molar-refractivity contribution is 7.90. The Bertz CT molecular complexity index is 1360. The maximum Gasteiger partial charge on any atom is 0.268 e. The van der Waals surface area contributed by atoms with E-state index in [1.807, 2.05) is 25.1 Å². The second kappa shape index (κ2) is 8.88. The predicted molar refractivity (Wildman–Crippen MR) is 125 cm³/mol.